The molecule has 0 heterocycles. The second kappa shape index (κ2) is 10.0. The van der Waals surface area contributed by atoms with E-state index in [0.29, 0.717) is 11.7 Å². The number of nitrogens with one attached hydrogen (secondary N) is 1. The van der Waals surface area contributed by atoms with E-state index < -0.39 is 5.41 Å². The third-order valence-corrected chi connectivity index (χ3v) is 14.5. The fraction of sp³-hybridized carbons (Fsp3) is 0.806. The molecule has 0 saturated heterocycles. The van der Waals surface area contributed by atoms with Crippen molar-refractivity contribution in [1.29, 1.82) is 0 Å². The van der Waals surface area contributed by atoms with Crippen LogP contribution in [-0.2, 0) is 19.1 Å². The van der Waals surface area contributed by atoms with Gasteiger partial charge in [-0.3, -0.25) is 14.4 Å². The van der Waals surface area contributed by atoms with Gasteiger partial charge in [0.25, 0.3) is 0 Å². The number of ketones is 1. The zero-order valence-corrected chi connectivity index (χ0v) is 27.5. The molecule has 0 aromatic rings. The maximum absolute atomic E-state index is 14.6. The molecule has 234 valence electrons. The van der Waals surface area contributed by atoms with Gasteiger partial charge in [0.1, 0.15) is 6.73 Å². The van der Waals surface area contributed by atoms with Crippen LogP contribution in [0.4, 0.5) is 0 Å². The Kier molecular flexibility index (Phi) is 7.52. The van der Waals surface area contributed by atoms with Crippen LogP contribution in [0.1, 0.15) is 113 Å². The molecule has 5 aliphatic carbocycles. The van der Waals surface area contributed by atoms with E-state index in [4.69, 9.17) is 10.5 Å². The summed E-state index contributed by atoms with van der Waals surface area (Å²) in [6.07, 6.45) is 12.7. The molecule has 0 radical (unpaired) electrons. The molecule has 0 aliphatic heterocycles. The number of rotatable bonds is 6. The molecular formula is C36H56N2O4. The lowest BCUT2D eigenvalue weighted by Gasteiger charge is -2.71. The van der Waals surface area contributed by atoms with Crippen LogP contribution in [0.2, 0.25) is 0 Å². The molecule has 0 aromatic heterocycles. The number of carbonyl (C=O) groups is 3. The summed E-state index contributed by atoms with van der Waals surface area (Å²) in [5.74, 6) is 0.825. The van der Waals surface area contributed by atoms with Crippen LogP contribution in [0.15, 0.2) is 24.3 Å². The van der Waals surface area contributed by atoms with E-state index in [-0.39, 0.29) is 69.5 Å². The van der Waals surface area contributed by atoms with Crippen molar-refractivity contribution < 1.29 is 19.1 Å². The highest BCUT2D eigenvalue weighted by atomic mass is 16.5. The van der Waals surface area contributed by atoms with Gasteiger partial charge < -0.3 is 15.8 Å². The number of nitrogens with two attached hydrogens (primary N) is 1. The molecule has 2 unspecified atom stereocenters. The highest BCUT2D eigenvalue weighted by Crippen LogP contribution is 2.75. The van der Waals surface area contributed by atoms with E-state index in [2.05, 4.69) is 59.5 Å². The van der Waals surface area contributed by atoms with Gasteiger partial charge >= 0.3 is 0 Å². The van der Waals surface area contributed by atoms with Gasteiger partial charge in [0.15, 0.2) is 5.78 Å². The second-order valence-corrected chi connectivity index (χ2v) is 16.8. The number of ether oxygens (including phenoxy) is 1. The molecule has 4 saturated carbocycles. The first-order valence-corrected chi connectivity index (χ1v) is 16.4. The summed E-state index contributed by atoms with van der Waals surface area (Å²) in [4.78, 5) is 38.7. The summed E-state index contributed by atoms with van der Waals surface area (Å²) < 4.78 is 6.16. The lowest BCUT2D eigenvalue weighted by Crippen LogP contribution is -2.66. The lowest BCUT2D eigenvalue weighted by molar-refractivity contribution is -0.201. The Morgan fingerprint density at radius 2 is 1.71 bits per heavy atom. The predicted molar refractivity (Wildman–Crippen MR) is 166 cm³/mol. The van der Waals surface area contributed by atoms with Crippen LogP contribution in [0.25, 0.3) is 0 Å². The van der Waals surface area contributed by atoms with Gasteiger partial charge in [0.2, 0.25) is 11.8 Å². The molecule has 3 N–H and O–H groups in total. The van der Waals surface area contributed by atoms with Crippen molar-refractivity contribution in [3.05, 3.63) is 24.3 Å². The Bertz CT molecular complexity index is 1210. The average molecular weight is 581 g/mol. The highest BCUT2D eigenvalue weighted by molar-refractivity contribution is 5.95. The first kappa shape index (κ1) is 31.5. The summed E-state index contributed by atoms with van der Waals surface area (Å²) >= 11 is 0. The topological polar surface area (TPSA) is 98.5 Å². The molecule has 5 rings (SSSR count). The van der Waals surface area contributed by atoms with E-state index in [1.165, 1.54) is 12.5 Å². The second-order valence-electron chi connectivity index (χ2n) is 16.8. The first-order valence-electron chi connectivity index (χ1n) is 16.4. The SMILES string of the molecule is C=CC(OCNC(C)=O)[C@H]1CC[C@@]2(C)C(CC[C@]3(C)[C@@H]2C(=O)C=C2[C@H]4C[C@@](C)(C(N)=O)CC[C@]4(C)CC[C@]23C)C1(C)C. The molecule has 6 nitrogen and oxygen atoms in total. The lowest BCUT2D eigenvalue weighted by atomic mass is 9.33. The number of hydrogen-bond acceptors (Lipinski definition) is 4. The zero-order chi connectivity index (χ0) is 31.1. The van der Waals surface area contributed by atoms with Gasteiger partial charge in [0.05, 0.1) is 6.10 Å². The van der Waals surface area contributed by atoms with E-state index in [1.807, 2.05) is 13.0 Å². The van der Waals surface area contributed by atoms with Gasteiger partial charge in [-0.1, -0.05) is 60.1 Å². The Labute approximate surface area is 254 Å². The van der Waals surface area contributed by atoms with Crippen molar-refractivity contribution in [2.45, 2.75) is 119 Å². The molecule has 0 spiro atoms. The first-order chi connectivity index (χ1) is 19.4. The van der Waals surface area contributed by atoms with Gasteiger partial charge in [-0.15, -0.1) is 6.58 Å². The number of fused-ring (bicyclic) bond motifs is 7. The third kappa shape index (κ3) is 4.31. The van der Waals surface area contributed by atoms with Crippen molar-refractivity contribution in [3.8, 4) is 0 Å². The van der Waals surface area contributed by atoms with Crippen molar-refractivity contribution >= 4 is 17.6 Å². The van der Waals surface area contributed by atoms with E-state index >= 15 is 0 Å². The summed E-state index contributed by atoms with van der Waals surface area (Å²) in [7, 11) is 0. The smallest absolute Gasteiger partial charge is 0.223 e. The fourth-order valence-electron chi connectivity index (χ4n) is 11.6. The van der Waals surface area contributed by atoms with Crippen LogP contribution in [0, 0.1) is 56.2 Å². The fourth-order valence-corrected chi connectivity index (χ4v) is 11.6. The van der Waals surface area contributed by atoms with Gasteiger partial charge in [-0.2, -0.15) is 0 Å². The molecule has 4 fully saturated rings. The summed E-state index contributed by atoms with van der Waals surface area (Å²) in [5, 5.41) is 2.77. The van der Waals surface area contributed by atoms with E-state index in [0.717, 1.165) is 57.8 Å². The van der Waals surface area contributed by atoms with Gasteiger partial charge in [-0.05, 0) is 109 Å². The number of allylic oxidation sites excluding steroid dienone is 2. The largest absolute Gasteiger partial charge is 0.369 e. The summed E-state index contributed by atoms with van der Waals surface area (Å²) in [6.45, 7) is 22.3. The molecule has 0 bridgehead atoms. The Hall–Kier alpha value is -1.95. The van der Waals surface area contributed by atoms with Gasteiger partial charge in [-0.25, -0.2) is 0 Å². The molecule has 5 aliphatic rings. The number of hydrogen-bond donors (Lipinski definition) is 2. The van der Waals surface area contributed by atoms with Crippen LogP contribution < -0.4 is 11.1 Å². The van der Waals surface area contributed by atoms with Crippen molar-refractivity contribution in [1.82, 2.24) is 5.32 Å². The third-order valence-electron chi connectivity index (χ3n) is 14.5. The Balaban J connectivity index is 1.50. The average Bonchev–Trinajstić information content (AvgIpc) is 2.89. The van der Waals surface area contributed by atoms with Crippen LogP contribution in [0.5, 0.6) is 0 Å². The molecule has 6 heteroatoms. The molecule has 2 amide bonds. The quantitative estimate of drug-likeness (QED) is 0.269. The normalized spacial score (nSPS) is 46.6. The van der Waals surface area contributed by atoms with E-state index in [9.17, 15) is 14.4 Å². The minimum atomic E-state index is -0.514. The van der Waals surface area contributed by atoms with Crippen molar-refractivity contribution in [3.63, 3.8) is 0 Å². The highest BCUT2D eigenvalue weighted by Gasteiger charge is 2.70. The predicted octanol–water partition coefficient (Wildman–Crippen LogP) is 6.73. The van der Waals surface area contributed by atoms with E-state index in [1.54, 1.807) is 0 Å². The Morgan fingerprint density at radius 1 is 1.05 bits per heavy atom. The van der Waals surface area contributed by atoms with Crippen molar-refractivity contribution in [2.75, 3.05) is 6.73 Å². The monoisotopic (exact) mass is 580 g/mol. The molecular weight excluding hydrogens is 524 g/mol. The standard InChI is InChI=1S/C36H56N2O4/c1-10-27(42-21-38-22(2)39)23-11-13-34(7)28(31(23,3)4)12-14-36(9)29(34)26(40)19-24-25-20-33(6,30(37)41)16-15-32(25,5)17-18-35(24,36)8/h10,19,23,25,27-29H,1,11-18,20-21H2,2-9H3,(H2,37,41)(H,38,39)/t23-,25-,27?,28?,29-,32-,33+,34+,35-,36-/m1/s1. The molecule has 10 atom stereocenters. The minimum Gasteiger partial charge on any atom is -0.369 e. The summed E-state index contributed by atoms with van der Waals surface area (Å²) in [5.41, 5.74) is 6.49. The maximum atomic E-state index is 14.6. The number of primary amides is 1. The van der Waals surface area contributed by atoms with Crippen LogP contribution in [0.3, 0.4) is 0 Å². The molecule has 0 aromatic carbocycles. The van der Waals surface area contributed by atoms with Crippen LogP contribution >= 0.6 is 0 Å². The maximum Gasteiger partial charge on any atom is 0.223 e. The summed E-state index contributed by atoms with van der Waals surface area (Å²) in [6, 6.07) is 0. The minimum absolute atomic E-state index is 0.0318. The van der Waals surface area contributed by atoms with Crippen molar-refractivity contribution in [2.24, 2.45) is 61.9 Å². The number of carbonyl (C=O) groups excluding carboxylic acids is 3. The van der Waals surface area contributed by atoms with Gasteiger partial charge in [0, 0.05) is 18.3 Å². The Morgan fingerprint density at radius 3 is 2.33 bits per heavy atom. The number of amides is 2. The zero-order valence-electron chi connectivity index (χ0n) is 27.5. The molecule has 42 heavy (non-hydrogen) atoms. The van der Waals surface area contributed by atoms with Crippen LogP contribution in [-0.4, -0.2) is 30.4 Å².